The van der Waals surface area contributed by atoms with Gasteiger partial charge in [0.1, 0.15) is 0 Å². The van der Waals surface area contributed by atoms with E-state index in [1.54, 1.807) is 0 Å². The van der Waals surface area contributed by atoms with Crippen LogP contribution in [0.4, 0.5) is 0 Å². The van der Waals surface area contributed by atoms with Crippen LogP contribution < -0.4 is 0 Å². The Kier molecular flexibility index (Phi) is 20.7. The second-order valence-corrected chi connectivity index (χ2v) is 38.1. The first-order valence-corrected chi connectivity index (χ1v) is 50.7. The summed E-state index contributed by atoms with van der Waals surface area (Å²) < 4.78 is 24.4. The molecule has 0 amide bonds. The molecule has 0 saturated carbocycles. The van der Waals surface area contributed by atoms with Crippen molar-refractivity contribution in [2.75, 3.05) is 0 Å². The first-order valence-electron chi connectivity index (χ1n) is 50.7. The van der Waals surface area contributed by atoms with E-state index in [4.69, 9.17) is 38.7 Å². The zero-order valence-electron chi connectivity index (χ0n) is 80.9. The van der Waals surface area contributed by atoms with Crippen LogP contribution in [0.1, 0.15) is 0 Å². The van der Waals surface area contributed by atoms with Crippen molar-refractivity contribution in [3.8, 4) is 158 Å². The smallest absolute Gasteiger partial charge is 0.164 e. The summed E-state index contributed by atoms with van der Waals surface area (Å²) in [4.78, 5) is 31.6. The lowest BCUT2D eigenvalue weighted by Gasteiger charge is -2.14. The molecule has 0 spiro atoms. The van der Waals surface area contributed by atoms with Crippen LogP contribution in [-0.4, -0.2) is 48.2 Å². The van der Waals surface area contributed by atoms with E-state index in [0.717, 1.165) is 243 Å². The Hall–Kier alpha value is -20.3. The van der Waals surface area contributed by atoms with E-state index in [1.165, 1.54) is 10.8 Å². The van der Waals surface area contributed by atoms with E-state index in [-0.39, 0.29) is 0 Å². The summed E-state index contributed by atoms with van der Waals surface area (Å²) in [5, 5.41) is 13.4. The van der Waals surface area contributed by atoms with Gasteiger partial charge >= 0.3 is 0 Å². The highest BCUT2D eigenvalue weighted by Crippen LogP contribution is 2.51. The number of fused-ring (bicyclic) bond motifs is 22. The number of para-hydroxylation sites is 6. The monoisotopic (exact) mass is 1910 g/mol. The number of benzene rings is 22. The molecule has 22 aromatic carbocycles. The van der Waals surface area contributed by atoms with Crippen LogP contribution in [-0.2, 0) is 0 Å². The van der Waals surface area contributed by atoms with Gasteiger partial charge in [-0.1, -0.05) is 406 Å². The molecule has 0 N–H and O–H groups in total. The lowest BCUT2D eigenvalue weighted by molar-refractivity contribution is 0.673. The van der Waals surface area contributed by atoms with Gasteiger partial charge < -0.3 is 27.1 Å². The first kappa shape index (κ1) is 86.3. The largest absolute Gasteiger partial charge is 0.452 e. The summed E-state index contributed by atoms with van der Waals surface area (Å²) in [5.74, 6) is 3.59. The molecular weight excluding hydrogens is 1830 g/mol. The van der Waals surface area contributed by atoms with Crippen molar-refractivity contribution >= 4 is 131 Å². The topological polar surface area (TPSA) is 123 Å². The molecule has 0 saturated heterocycles. The van der Waals surface area contributed by atoms with Crippen molar-refractivity contribution in [3.63, 3.8) is 0 Å². The fourth-order valence-corrected chi connectivity index (χ4v) is 22.8. The Morgan fingerprint density at radius 2 is 0.360 bits per heavy atom. The average Bonchev–Trinajstić information content (AvgIpc) is 1.54. The van der Waals surface area contributed by atoms with Gasteiger partial charge in [-0.05, 0) is 171 Å². The summed E-state index contributed by atoms with van der Waals surface area (Å²) in [6.07, 6.45) is 0. The second kappa shape index (κ2) is 35.9. The molecule has 0 aliphatic heterocycles. The van der Waals surface area contributed by atoms with Crippen LogP contribution in [0, 0.1) is 0 Å². The fraction of sp³-hybridized carbons (Fsp3) is 0. The first-order chi connectivity index (χ1) is 74.4. The molecule has 8 aromatic heterocycles. The Morgan fingerprint density at radius 1 is 0.133 bits per heavy atom. The summed E-state index contributed by atoms with van der Waals surface area (Å²) in [6, 6.07) is 184. The van der Waals surface area contributed by atoms with Crippen LogP contribution in [0.15, 0.2) is 531 Å². The molecule has 0 aliphatic rings. The van der Waals surface area contributed by atoms with Gasteiger partial charge in [-0.25, -0.2) is 29.9 Å². The van der Waals surface area contributed by atoms with E-state index in [0.29, 0.717) is 34.9 Å². The molecule has 0 radical (unpaired) electrons. The normalized spacial score (nSPS) is 11.7. The van der Waals surface area contributed by atoms with Gasteiger partial charge in [0.25, 0.3) is 0 Å². The SMILES string of the molecule is c1ccc(-c2cccc(-c3nc(-c4ccc(-n5c6ccccc6c6ccc7c8ccc9c%10ccccc%10n(-c%10ccccc%10-c%10ccccc%10)c9c8oc7c65)cc4)nc(-c4ccccc4-c4ccccc4)n3)c2)cc1.c1ccc(-c2ccccc2-c2nc(-c3ccc(-n4c5ccccc5c5ccc6c7ccc8c9ccccc9n(-c9ccccc9-c9ccccc9)c8c7oc6c54)cc3)nc(-c3ccccc3-c3ccccc3)n2)cc1. The standard InChI is InChI=1S/2C69H43N5O/c1-4-20-44(21-5-1)49-26-10-12-31-58(49)68-70-67(71-69(72-68)59-32-13-11-27-50(59)45-22-6-2-7-23-45)47-36-38-48(39-37-47)73-61-34-18-15-29-52(61)54-40-42-56-57-43-41-55-53-30-16-19-35-62(53)74(64(55)66(57)75-65(56)63(54)73)60-33-17-14-28-51(60)46-24-8-3-9-25-46;1-4-19-44(20-5-1)48-25-18-26-49(43-48)68-70-67(71-69(72-68)59-31-11-10-27-51(59)45-21-6-2-7-22-45)47-35-37-50(38-36-47)73-61-33-16-13-29-53(61)55-39-41-57-58-42-40-56-54-30-14-17-34-62(54)74(64(56)66(58)75-65(57)63(55)73)60-32-15-12-28-52(60)46-23-8-3-9-24-46/h2*1-43H. The summed E-state index contributed by atoms with van der Waals surface area (Å²) in [5.41, 5.74) is 34.8. The Bertz CT molecular complexity index is 10500. The minimum atomic E-state index is 0.586. The molecule has 30 aromatic rings. The predicted molar refractivity (Wildman–Crippen MR) is 617 cm³/mol. The van der Waals surface area contributed by atoms with E-state index in [2.05, 4.69) is 510 Å². The zero-order valence-corrected chi connectivity index (χ0v) is 80.9. The number of hydrogen-bond donors (Lipinski definition) is 0. The molecule has 700 valence electrons. The maximum absolute atomic E-state index is 7.43. The minimum Gasteiger partial charge on any atom is -0.452 e. The number of rotatable bonds is 16. The van der Waals surface area contributed by atoms with E-state index in [9.17, 15) is 0 Å². The van der Waals surface area contributed by atoms with Crippen molar-refractivity contribution in [2.24, 2.45) is 0 Å². The quantitative estimate of drug-likeness (QED) is 0.0937. The van der Waals surface area contributed by atoms with Crippen LogP contribution >= 0.6 is 0 Å². The van der Waals surface area contributed by atoms with Crippen LogP contribution in [0.5, 0.6) is 0 Å². The van der Waals surface area contributed by atoms with E-state index >= 15 is 0 Å². The van der Waals surface area contributed by atoms with Crippen molar-refractivity contribution in [3.05, 3.63) is 522 Å². The molecule has 0 atom stereocenters. The van der Waals surface area contributed by atoms with Gasteiger partial charge in [-0.3, -0.25) is 0 Å². The van der Waals surface area contributed by atoms with Crippen LogP contribution in [0.25, 0.3) is 289 Å². The highest BCUT2D eigenvalue weighted by molar-refractivity contribution is 6.29. The van der Waals surface area contributed by atoms with E-state index in [1.807, 2.05) is 30.3 Å². The van der Waals surface area contributed by atoms with Crippen molar-refractivity contribution < 1.29 is 8.83 Å². The van der Waals surface area contributed by atoms with Gasteiger partial charge in [0.2, 0.25) is 0 Å². The molecule has 0 unspecified atom stereocenters. The van der Waals surface area contributed by atoms with Gasteiger partial charge in [-0.2, -0.15) is 0 Å². The van der Waals surface area contributed by atoms with Crippen LogP contribution in [0.2, 0.25) is 0 Å². The zero-order chi connectivity index (χ0) is 98.8. The van der Waals surface area contributed by atoms with Crippen LogP contribution in [0.3, 0.4) is 0 Å². The lowest BCUT2D eigenvalue weighted by atomic mass is 9.98. The van der Waals surface area contributed by atoms with Crippen molar-refractivity contribution in [1.29, 1.82) is 0 Å². The molecule has 30 rings (SSSR count). The van der Waals surface area contributed by atoms with Gasteiger partial charge in [-0.15, -0.1) is 0 Å². The summed E-state index contributed by atoms with van der Waals surface area (Å²) >= 11 is 0. The number of hydrogen-bond acceptors (Lipinski definition) is 8. The fourth-order valence-electron chi connectivity index (χ4n) is 22.8. The van der Waals surface area contributed by atoms with Gasteiger partial charge in [0.05, 0.1) is 55.5 Å². The average molecular weight is 1920 g/mol. The lowest BCUT2D eigenvalue weighted by Crippen LogP contribution is -2.02. The number of furan rings is 2. The van der Waals surface area contributed by atoms with Crippen molar-refractivity contribution in [2.45, 2.75) is 0 Å². The summed E-state index contributed by atoms with van der Waals surface area (Å²) in [6.45, 7) is 0. The predicted octanol–water partition coefficient (Wildman–Crippen LogP) is 35.9. The summed E-state index contributed by atoms with van der Waals surface area (Å²) in [7, 11) is 0. The molecular formula is C138H86N10O2. The number of nitrogens with zero attached hydrogens (tertiary/aromatic N) is 10. The maximum Gasteiger partial charge on any atom is 0.164 e. The van der Waals surface area contributed by atoms with Gasteiger partial charge in [0.15, 0.2) is 57.3 Å². The third kappa shape index (κ3) is 14.4. The maximum atomic E-state index is 7.43. The Balaban J connectivity index is 0.000000141. The number of aromatic nitrogens is 10. The molecule has 0 aliphatic carbocycles. The molecule has 12 nitrogen and oxygen atoms in total. The third-order valence-electron chi connectivity index (χ3n) is 29.6. The third-order valence-corrected chi connectivity index (χ3v) is 29.6. The Labute approximate surface area is 861 Å². The molecule has 12 heteroatoms. The minimum absolute atomic E-state index is 0.586. The second-order valence-electron chi connectivity index (χ2n) is 38.1. The van der Waals surface area contributed by atoms with Gasteiger partial charge in [0, 0.05) is 121 Å². The molecule has 0 fully saturated rings. The molecule has 0 bridgehead atoms. The van der Waals surface area contributed by atoms with E-state index < -0.39 is 0 Å². The molecule has 8 heterocycles. The highest BCUT2D eigenvalue weighted by atomic mass is 16.3. The Morgan fingerprint density at radius 3 is 0.693 bits per heavy atom. The van der Waals surface area contributed by atoms with Crippen molar-refractivity contribution in [1.82, 2.24) is 48.2 Å². The molecule has 150 heavy (non-hydrogen) atoms. The highest BCUT2D eigenvalue weighted by Gasteiger charge is 2.30.